The van der Waals surface area contributed by atoms with Crippen molar-refractivity contribution in [2.75, 3.05) is 39.9 Å². The average molecular weight is 343 g/mol. The molecule has 25 heavy (non-hydrogen) atoms. The summed E-state index contributed by atoms with van der Waals surface area (Å²) in [5, 5.41) is 8.82. The molecule has 0 aliphatic carbocycles. The molecule has 1 aromatic rings. The van der Waals surface area contributed by atoms with Gasteiger partial charge in [0.15, 0.2) is 0 Å². The molecule has 0 saturated carbocycles. The van der Waals surface area contributed by atoms with Gasteiger partial charge in [-0.1, -0.05) is 0 Å². The topological polar surface area (TPSA) is 65.8 Å². The lowest BCUT2D eigenvalue weighted by Gasteiger charge is -2.27. The fourth-order valence-electron chi connectivity index (χ4n) is 3.59. The molecule has 2 aliphatic heterocycles. The molecular formula is C19H25N3O3. The highest BCUT2D eigenvalue weighted by atomic mass is 16.5. The molecule has 6 nitrogen and oxygen atoms in total. The van der Waals surface area contributed by atoms with E-state index in [4.69, 9.17) is 14.7 Å². The standard InChI is InChI=1S/C19H25N3O3/c1-24-17-12-18(19(23)21-8-2-3-9-21)22(14-17)10-11-25-16-6-4-15(13-20)5-7-16/h4-7,17-18H,2-3,8-12,14H2,1H3/t17-,18-/m0/s1. The fourth-order valence-corrected chi connectivity index (χ4v) is 3.59. The molecule has 1 amide bonds. The molecule has 2 saturated heterocycles. The van der Waals surface area contributed by atoms with Gasteiger partial charge in [0.1, 0.15) is 12.4 Å². The van der Waals surface area contributed by atoms with Crippen LogP contribution in [0, 0.1) is 11.3 Å². The van der Waals surface area contributed by atoms with Crippen molar-refractivity contribution < 1.29 is 14.3 Å². The molecule has 1 aromatic carbocycles. The number of carbonyl (C=O) groups is 1. The Balaban J connectivity index is 1.54. The summed E-state index contributed by atoms with van der Waals surface area (Å²) in [6, 6.07) is 9.07. The summed E-state index contributed by atoms with van der Waals surface area (Å²) in [5.74, 6) is 0.972. The Hall–Kier alpha value is -2.10. The second-order valence-corrected chi connectivity index (χ2v) is 6.62. The first-order valence-corrected chi connectivity index (χ1v) is 8.90. The Bertz CT molecular complexity index is 620. The molecule has 2 heterocycles. The van der Waals surface area contributed by atoms with Crippen molar-refractivity contribution in [2.24, 2.45) is 0 Å². The van der Waals surface area contributed by atoms with Crippen LogP contribution < -0.4 is 4.74 Å². The quantitative estimate of drug-likeness (QED) is 0.786. The number of hydrogen-bond acceptors (Lipinski definition) is 5. The predicted octanol–water partition coefficient (Wildman–Crippen LogP) is 1.65. The van der Waals surface area contributed by atoms with Crippen LogP contribution in [0.2, 0.25) is 0 Å². The molecule has 6 heteroatoms. The van der Waals surface area contributed by atoms with Crippen LogP contribution in [0.15, 0.2) is 24.3 Å². The van der Waals surface area contributed by atoms with E-state index in [1.807, 2.05) is 4.90 Å². The van der Waals surface area contributed by atoms with Crippen molar-refractivity contribution in [2.45, 2.75) is 31.4 Å². The van der Waals surface area contributed by atoms with Gasteiger partial charge in [0.25, 0.3) is 0 Å². The number of ether oxygens (including phenoxy) is 2. The van der Waals surface area contributed by atoms with Crippen molar-refractivity contribution in [3.05, 3.63) is 29.8 Å². The number of amides is 1. The number of rotatable bonds is 6. The molecule has 0 spiro atoms. The normalized spacial score (nSPS) is 23.6. The molecule has 0 aromatic heterocycles. The first kappa shape index (κ1) is 17.7. The third-order valence-corrected chi connectivity index (χ3v) is 5.03. The van der Waals surface area contributed by atoms with Crippen LogP contribution in [0.3, 0.4) is 0 Å². The smallest absolute Gasteiger partial charge is 0.240 e. The van der Waals surface area contributed by atoms with Crippen LogP contribution >= 0.6 is 0 Å². The van der Waals surface area contributed by atoms with Crippen LogP contribution in [0.4, 0.5) is 0 Å². The Morgan fingerprint density at radius 1 is 1.28 bits per heavy atom. The maximum Gasteiger partial charge on any atom is 0.240 e. The van der Waals surface area contributed by atoms with Crippen LogP contribution in [0.25, 0.3) is 0 Å². The highest BCUT2D eigenvalue weighted by molar-refractivity contribution is 5.82. The van der Waals surface area contributed by atoms with Gasteiger partial charge >= 0.3 is 0 Å². The summed E-state index contributed by atoms with van der Waals surface area (Å²) in [6.07, 6.45) is 3.07. The van der Waals surface area contributed by atoms with Gasteiger partial charge in [-0.3, -0.25) is 9.69 Å². The molecule has 3 rings (SSSR count). The van der Waals surface area contributed by atoms with Crippen molar-refractivity contribution in [1.82, 2.24) is 9.80 Å². The molecule has 0 bridgehead atoms. The summed E-state index contributed by atoms with van der Waals surface area (Å²) < 4.78 is 11.3. The van der Waals surface area contributed by atoms with E-state index in [-0.39, 0.29) is 18.1 Å². The van der Waals surface area contributed by atoms with Gasteiger partial charge in [0, 0.05) is 33.3 Å². The predicted molar refractivity (Wildman–Crippen MR) is 93.2 cm³/mol. The largest absolute Gasteiger partial charge is 0.492 e. The number of carbonyl (C=O) groups excluding carboxylic acids is 1. The van der Waals surface area contributed by atoms with E-state index in [0.717, 1.165) is 44.6 Å². The Kier molecular flexibility index (Phi) is 5.90. The number of methoxy groups -OCH3 is 1. The van der Waals surface area contributed by atoms with Crippen molar-refractivity contribution in [1.29, 1.82) is 5.26 Å². The first-order valence-electron chi connectivity index (χ1n) is 8.90. The summed E-state index contributed by atoms with van der Waals surface area (Å²) in [6.45, 7) is 3.71. The lowest BCUT2D eigenvalue weighted by molar-refractivity contribution is -0.135. The Morgan fingerprint density at radius 2 is 2.00 bits per heavy atom. The van der Waals surface area contributed by atoms with E-state index < -0.39 is 0 Å². The minimum atomic E-state index is -0.104. The second-order valence-electron chi connectivity index (χ2n) is 6.62. The van der Waals surface area contributed by atoms with Crippen LogP contribution in [-0.2, 0) is 9.53 Å². The average Bonchev–Trinajstić information content (AvgIpc) is 3.32. The zero-order valence-corrected chi connectivity index (χ0v) is 14.7. The third-order valence-electron chi connectivity index (χ3n) is 5.03. The lowest BCUT2D eigenvalue weighted by atomic mass is 10.1. The minimum Gasteiger partial charge on any atom is -0.492 e. The van der Waals surface area contributed by atoms with E-state index in [1.165, 1.54) is 0 Å². The van der Waals surface area contributed by atoms with E-state index in [1.54, 1.807) is 31.4 Å². The number of nitrogens with zero attached hydrogens (tertiary/aromatic N) is 3. The van der Waals surface area contributed by atoms with Crippen molar-refractivity contribution in [3.8, 4) is 11.8 Å². The van der Waals surface area contributed by atoms with E-state index >= 15 is 0 Å². The van der Waals surface area contributed by atoms with Gasteiger partial charge in [-0.05, 0) is 43.5 Å². The maximum absolute atomic E-state index is 12.8. The van der Waals surface area contributed by atoms with Crippen LogP contribution in [0.5, 0.6) is 5.75 Å². The van der Waals surface area contributed by atoms with E-state index in [2.05, 4.69) is 11.0 Å². The summed E-state index contributed by atoms with van der Waals surface area (Å²) in [5.41, 5.74) is 0.617. The van der Waals surface area contributed by atoms with Crippen molar-refractivity contribution in [3.63, 3.8) is 0 Å². The molecule has 2 fully saturated rings. The van der Waals surface area contributed by atoms with Gasteiger partial charge in [-0.15, -0.1) is 0 Å². The highest BCUT2D eigenvalue weighted by Crippen LogP contribution is 2.23. The Labute approximate surface area is 148 Å². The molecule has 0 N–H and O–H groups in total. The summed E-state index contributed by atoms with van der Waals surface area (Å²) >= 11 is 0. The lowest BCUT2D eigenvalue weighted by Crippen LogP contribution is -2.45. The van der Waals surface area contributed by atoms with Gasteiger partial charge in [-0.2, -0.15) is 5.26 Å². The Morgan fingerprint density at radius 3 is 2.64 bits per heavy atom. The van der Waals surface area contributed by atoms with Gasteiger partial charge in [0.2, 0.25) is 5.91 Å². The van der Waals surface area contributed by atoms with Crippen molar-refractivity contribution >= 4 is 5.91 Å². The third kappa shape index (κ3) is 4.30. The van der Waals surface area contributed by atoms with Crippen LogP contribution in [0.1, 0.15) is 24.8 Å². The van der Waals surface area contributed by atoms with Gasteiger partial charge in [0.05, 0.1) is 23.8 Å². The number of nitriles is 1. The molecule has 2 aliphatic rings. The molecular weight excluding hydrogens is 318 g/mol. The first-order chi connectivity index (χ1) is 12.2. The number of benzene rings is 1. The number of likely N-dealkylation sites (tertiary alicyclic amines) is 2. The SMILES string of the molecule is CO[C@H]1C[C@@H](C(=O)N2CCCC2)N(CCOc2ccc(C#N)cc2)C1. The zero-order valence-electron chi connectivity index (χ0n) is 14.7. The molecule has 134 valence electrons. The monoisotopic (exact) mass is 343 g/mol. The molecule has 2 atom stereocenters. The van der Waals surface area contributed by atoms with E-state index in [0.29, 0.717) is 18.7 Å². The highest BCUT2D eigenvalue weighted by Gasteiger charge is 2.39. The summed E-state index contributed by atoms with van der Waals surface area (Å²) in [7, 11) is 1.71. The molecule has 0 radical (unpaired) electrons. The number of hydrogen-bond donors (Lipinski definition) is 0. The van der Waals surface area contributed by atoms with Crippen LogP contribution in [-0.4, -0.2) is 67.7 Å². The fraction of sp³-hybridized carbons (Fsp3) is 0.579. The van der Waals surface area contributed by atoms with E-state index in [9.17, 15) is 4.79 Å². The van der Waals surface area contributed by atoms with Gasteiger partial charge < -0.3 is 14.4 Å². The maximum atomic E-state index is 12.8. The minimum absolute atomic E-state index is 0.103. The molecule has 0 unspecified atom stereocenters. The zero-order chi connectivity index (χ0) is 17.6. The van der Waals surface area contributed by atoms with Gasteiger partial charge in [-0.25, -0.2) is 0 Å². The second kappa shape index (κ2) is 8.32. The summed E-state index contributed by atoms with van der Waals surface area (Å²) in [4.78, 5) is 16.9.